The van der Waals surface area contributed by atoms with E-state index in [-0.39, 0.29) is 0 Å². The zero-order chi connectivity index (χ0) is 13.8. The fourth-order valence-electron chi connectivity index (χ4n) is 2.18. The zero-order valence-electron chi connectivity index (χ0n) is 11.8. The lowest BCUT2D eigenvalue weighted by atomic mass is 10.0. The van der Waals surface area contributed by atoms with Crippen LogP contribution in [0.1, 0.15) is 0 Å². The van der Waals surface area contributed by atoms with E-state index in [9.17, 15) is 0 Å². The highest BCUT2D eigenvalue weighted by atomic mass is 16.5. The Hall–Kier alpha value is -2.16. The van der Waals surface area contributed by atoms with Gasteiger partial charge in [0.15, 0.2) is 0 Å². The summed E-state index contributed by atoms with van der Waals surface area (Å²) in [4.78, 5) is 2.07. The molecular weight excluding hydrogens is 238 g/mol. The Bertz CT molecular complexity index is 564. The third-order valence-corrected chi connectivity index (χ3v) is 3.08. The highest BCUT2D eigenvalue weighted by Gasteiger charge is 2.16. The second kappa shape index (κ2) is 5.65. The first-order valence-corrected chi connectivity index (χ1v) is 6.16. The van der Waals surface area contributed by atoms with Gasteiger partial charge in [-0.05, 0) is 18.2 Å². The molecule has 0 unspecified atom stereocenters. The second-order valence-electron chi connectivity index (χ2n) is 4.45. The second-order valence-corrected chi connectivity index (χ2v) is 4.45. The van der Waals surface area contributed by atoms with Crippen molar-refractivity contribution in [3.8, 4) is 22.6 Å². The molecule has 3 nitrogen and oxygen atoms in total. The first kappa shape index (κ1) is 13.3. The quantitative estimate of drug-likeness (QED) is 0.837. The summed E-state index contributed by atoms with van der Waals surface area (Å²) < 4.78 is 11.0. The van der Waals surface area contributed by atoms with E-state index in [0.29, 0.717) is 0 Å². The highest BCUT2D eigenvalue weighted by Crippen LogP contribution is 2.42. The molecule has 0 N–H and O–H groups in total. The minimum atomic E-state index is 0.843. The Morgan fingerprint density at radius 2 is 1.42 bits per heavy atom. The molecule has 0 heterocycles. The van der Waals surface area contributed by atoms with E-state index in [1.54, 1.807) is 14.2 Å². The molecule has 19 heavy (non-hydrogen) atoms. The molecule has 0 atom stereocenters. The van der Waals surface area contributed by atoms with Gasteiger partial charge in [-0.15, -0.1) is 0 Å². The maximum atomic E-state index is 5.51. The van der Waals surface area contributed by atoms with Gasteiger partial charge in [0.1, 0.15) is 11.5 Å². The van der Waals surface area contributed by atoms with Crippen LogP contribution in [0.3, 0.4) is 0 Å². The number of benzene rings is 2. The Labute approximate surface area is 114 Å². The van der Waals surface area contributed by atoms with Gasteiger partial charge in [0.05, 0.1) is 19.8 Å². The number of hydrogen-bond acceptors (Lipinski definition) is 3. The minimum Gasteiger partial charge on any atom is -0.496 e. The molecule has 0 aliphatic carbocycles. The number of hydrogen-bond donors (Lipinski definition) is 0. The number of para-hydroxylation sites is 1. The van der Waals surface area contributed by atoms with Crippen molar-refractivity contribution in [3.05, 3.63) is 42.5 Å². The molecule has 0 amide bonds. The Balaban J connectivity index is 2.72. The molecule has 2 aromatic carbocycles. The van der Waals surface area contributed by atoms with Crippen molar-refractivity contribution in [3.63, 3.8) is 0 Å². The number of rotatable bonds is 4. The van der Waals surface area contributed by atoms with Gasteiger partial charge in [-0.1, -0.05) is 24.3 Å². The maximum Gasteiger partial charge on any atom is 0.128 e. The van der Waals surface area contributed by atoms with E-state index in [1.165, 1.54) is 0 Å². The van der Waals surface area contributed by atoms with Crippen molar-refractivity contribution in [2.75, 3.05) is 33.2 Å². The van der Waals surface area contributed by atoms with Crippen LogP contribution in [0.5, 0.6) is 11.5 Å². The average Bonchev–Trinajstić information content (AvgIpc) is 2.46. The molecule has 0 bridgehead atoms. The van der Waals surface area contributed by atoms with Crippen LogP contribution in [0.25, 0.3) is 11.1 Å². The lowest BCUT2D eigenvalue weighted by Crippen LogP contribution is -2.10. The summed E-state index contributed by atoms with van der Waals surface area (Å²) in [5.41, 5.74) is 3.18. The van der Waals surface area contributed by atoms with Crippen molar-refractivity contribution in [1.82, 2.24) is 0 Å². The standard InChI is InChI=1S/C16H19NO2/c1-17(2)13-9-7-11-15(19-4)16(13)12-8-5-6-10-14(12)18-3/h5-11H,1-4H3. The van der Waals surface area contributed by atoms with Gasteiger partial charge in [0, 0.05) is 25.3 Å². The van der Waals surface area contributed by atoms with Gasteiger partial charge in [-0.25, -0.2) is 0 Å². The fraction of sp³-hybridized carbons (Fsp3) is 0.250. The van der Waals surface area contributed by atoms with Crippen LogP contribution < -0.4 is 14.4 Å². The van der Waals surface area contributed by atoms with E-state index in [0.717, 1.165) is 28.3 Å². The minimum absolute atomic E-state index is 0.843. The molecule has 0 fully saturated rings. The Kier molecular flexibility index (Phi) is 3.95. The monoisotopic (exact) mass is 257 g/mol. The topological polar surface area (TPSA) is 21.7 Å². The molecular formula is C16H19NO2. The van der Waals surface area contributed by atoms with Gasteiger partial charge < -0.3 is 14.4 Å². The fourth-order valence-corrected chi connectivity index (χ4v) is 2.18. The zero-order valence-corrected chi connectivity index (χ0v) is 11.8. The van der Waals surface area contributed by atoms with Crippen LogP contribution in [0.4, 0.5) is 5.69 Å². The average molecular weight is 257 g/mol. The molecule has 3 heteroatoms. The first-order chi connectivity index (χ1) is 9.19. The van der Waals surface area contributed by atoms with Crippen molar-refractivity contribution in [1.29, 1.82) is 0 Å². The number of methoxy groups -OCH3 is 2. The highest BCUT2D eigenvalue weighted by molar-refractivity contribution is 5.86. The summed E-state index contributed by atoms with van der Waals surface area (Å²) in [5, 5.41) is 0. The van der Waals surface area contributed by atoms with Crippen LogP contribution in [-0.2, 0) is 0 Å². The third-order valence-electron chi connectivity index (χ3n) is 3.08. The third kappa shape index (κ3) is 2.50. The Morgan fingerprint density at radius 1 is 0.789 bits per heavy atom. The predicted molar refractivity (Wildman–Crippen MR) is 79.3 cm³/mol. The van der Waals surface area contributed by atoms with Gasteiger partial charge in [0.2, 0.25) is 0 Å². The predicted octanol–water partition coefficient (Wildman–Crippen LogP) is 3.44. The van der Waals surface area contributed by atoms with E-state index in [4.69, 9.17) is 9.47 Å². The molecule has 100 valence electrons. The summed E-state index contributed by atoms with van der Waals surface area (Å²) in [6.07, 6.45) is 0. The van der Waals surface area contributed by atoms with Gasteiger partial charge in [-0.3, -0.25) is 0 Å². The Morgan fingerprint density at radius 3 is 2.05 bits per heavy atom. The molecule has 0 spiro atoms. The van der Waals surface area contributed by atoms with Crippen molar-refractivity contribution < 1.29 is 9.47 Å². The summed E-state index contributed by atoms with van der Waals surface area (Å²) >= 11 is 0. The van der Waals surface area contributed by atoms with Crippen molar-refractivity contribution in [2.24, 2.45) is 0 Å². The maximum absolute atomic E-state index is 5.51. The number of anilines is 1. The van der Waals surface area contributed by atoms with Crippen LogP contribution in [0, 0.1) is 0 Å². The molecule has 0 aliphatic rings. The van der Waals surface area contributed by atoms with Gasteiger partial charge in [-0.2, -0.15) is 0 Å². The molecule has 0 radical (unpaired) electrons. The number of ether oxygens (including phenoxy) is 2. The van der Waals surface area contributed by atoms with E-state index >= 15 is 0 Å². The van der Waals surface area contributed by atoms with E-state index in [2.05, 4.69) is 11.0 Å². The normalized spacial score (nSPS) is 10.1. The van der Waals surface area contributed by atoms with E-state index < -0.39 is 0 Å². The SMILES string of the molecule is COc1ccccc1-c1c(OC)cccc1N(C)C. The van der Waals surface area contributed by atoms with Crippen LogP contribution in [-0.4, -0.2) is 28.3 Å². The van der Waals surface area contributed by atoms with Gasteiger partial charge in [0.25, 0.3) is 0 Å². The summed E-state index contributed by atoms with van der Waals surface area (Å²) in [6.45, 7) is 0. The lowest BCUT2D eigenvalue weighted by molar-refractivity contribution is 0.410. The number of nitrogens with zero attached hydrogens (tertiary/aromatic N) is 1. The molecule has 2 rings (SSSR count). The van der Waals surface area contributed by atoms with E-state index in [1.807, 2.05) is 50.5 Å². The largest absolute Gasteiger partial charge is 0.496 e. The van der Waals surface area contributed by atoms with Crippen molar-refractivity contribution in [2.45, 2.75) is 0 Å². The molecule has 0 aromatic heterocycles. The van der Waals surface area contributed by atoms with Gasteiger partial charge >= 0.3 is 0 Å². The summed E-state index contributed by atoms with van der Waals surface area (Å²) in [7, 11) is 7.42. The lowest BCUT2D eigenvalue weighted by Gasteiger charge is -2.21. The smallest absolute Gasteiger partial charge is 0.128 e. The first-order valence-electron chi connectivity index (χ1n) is 6.16. The summed E-state index contributed by atoms with van der Waals surface area (Å²) in [5.74, 6) is 1.69. The molecule has 0 saturated heterocycles. The van der Waals surface area contributed by atoms with Crippen LogP contribution in [0.15, 0.2) is 42.5 Å². The van der Waals surface area contributed by atoms with Crippen LogP contribution >= 0.6 is 0 Å². The molecule has 0 aliphatic heterocycles. The van der Waals surface area contributed by atoms with Crippen LogP contribution in [0.2, 0.25) is 0 Å². The van der Waals surface area contributed by atoms with Crippen molar-refractivity contribution >= 4 is 5.69 Å². The summed E-state index contributed by atoms with van der Waals surface area (Å²) in [6, 6.07) is 14.0. The molecule has 0 saturated carbocycles. The molecule has 2 aromatic rings.